The van der Waals surface area contributed by atoms with E-state index in [4.69, 9.17) is 0 Å². The van der Waals surface area contributed by atoms with Crippen molar-refractivity contribution in [2.24, 2.45) is 0 Å². The van der Waals surface area contributed by atoms with Crippen molar-refractivity contribution in [1.29, 1.82) is 0 Å². The van der Waals surface area contributed by atoms with Gasteiger partial charge in [-0.25, -0.2) is 4.98 Å². The van der Waals surface area contributed by atoms with Gasteiger partial charge in [0.1, 0.15) is 0 Å². The van der Waals surface area contributed by atoms with E-state index in [1.54, 1.807) is 23.1 Å². The molecule has 0 radical (unpaired) electrons. The molecule has 0 saturated carbocycles. The van der Waals surface area contributed by atoms with Crippen LogP contribution in [0.1, 0.15) is 12.0 Å². The normalized spacial score (nSPS) is 11.4. The maximum absolute atomic E-state index is 13.0. The monoisotopic (exact) mass is 411 g/mol. The third-order valence-electron chi connectivity index (χ3n) is 4.34. The van der Waals surface area contributed by atoms with E-state index in [-0.39, 0.29) is 11.6 Å². The summed E-state index contributed by atoms with van der Waals surface area (Å²) in [6.45, 7) is 1.49. The number of benzene rings is 2. The number of carbonyl (C=O) groups excluding carboxylic acids is 1. The first-order chi connectivity index (χ1) is 13.9. The molecule has 8 heteroatoms. The molecule has 0 fully saturated rings. The molecule has 2 aromatic carbocycles. The molecule has 1 heterocycles. The average molecular weight is 412 g/mol. The molecular weight excluding hydrogens is 388 g/mol. The van der Waals surface area contributed by atoms with Crippen molar-refractivity contribution < 1.29 is 14.6 Å². The lowest BCUT2D eigenvalue weighted by molar-refractivity contribution is -0.858. The van der Waals surface area contributed by atoms with Crippen LogP contribution in [-0.4, -0.2) is 43.0 Å². The number of non-ortho nitro benzene ring substituents is 1. The number of hydrogen-bond acceptors (Lipinski definition) is 5. The number of rotatable bonds is 8. The summed E-state index contributed by atoms with van der Waals surface area (Å²) in [5, 5.41) is 11.6. The second-order valence-corrected chi connectivity index (χ2v) is 7.96. The molecule has 29 heavy (non-hydrogen) atoms. The highest BCUT2D eigenvalue weighted by molar-refractivity contribution is 7.22. The van der Waals surface area contributed by atoms with Gasteiger partial charge in [0, 0.05) is 31.2 Å². The SMILES string of the molecule is C[NH+](C)CCCN(C(=O)/C=C/c1cccc([N+](=O)[O-])c1)c1nc2ccccc2s1. The molecule has 7 nitrogen and oxygen atoms in total. The van der Waals surface area contributed by atoms with Crippen molar-refractivity contribution in [3.05, 3.63) is 70.3 Å². The summed E-state index contributed by atoms with van der Waals surface area (Å²) >= 11 is 1.48. The first-order valence-corrected chi connectivity index (χ1v) is 10.1. The Bertz CT molecular complexity index is 1010. The van der Waals surface area contributed by atoms with E-state index < -0.39 is 4.92 Å². The minimum absolute atomic E-state index is 0.00316. The number of nitro groups is 1. The molecule has 0 bridgehead atoms. The van der Waals surface area contributed by atoms with Gasteiger partial charge in [0.05, 0.1) is 35.8 Å². The van der Waals surface area contributed by atoms with Crippen LogP contribution in [0, 0.1) is 10.1 Å². The highest BCUT2D eigenvalue weighted by atomic mass is 32.1. The van der Waals surface area contributed by atoms with Gasteiger partial charge in [0.2, 0.25) is 0 Å². The van der Waals surface area contributed by atoms with Crippen molar-refractivity contribution in [2.75, 3.05) is 32.1 Å². The van der Waals surface area contributed by atoms with Gasteiger partial charge >= 0.3 is 0 Å². The molecule has 0 saturated heterocycles. The molecule has 1 N–H and O–H groups in total. The number of fused-ring (bicyclic) bond motifs is 1. The number of para-hydroxylation sites is 1. The van der Waals surface area contributed by atoms with Crippen LogP contribution in [0.2, 0.25) is 0 Å². The van der Waals surface area contributed by atoms with Crippen molar-refractivity contribution in [3.63, 3.8) is 0 Å². The number of aromatic nitrogens is 1. The predicted octanol–water partition coefficient (Wildman–Crippen LogP) is 2.79. The van der Waals surface area contributed by atoms with Gasteiger partial charge in [-0.05, 0) is 23.8 Å². The third-order valence-corrected chi connectivity index (χ3v) is 5.40. The van der Waals surface area contributed by atoms with E-state index in [9.17, 15) is 14.9 Å². The number of nitrogens with zero attached hydrogens (tertiary/aromatic N) is 3. The molecule has 0 unspecified atom stereocenters. The predicted molar refractivity (Wildman–Crippen MR) is 116 cm³/mol. The molecular formula is C21H23N4O3S+. The lowest BCUT2D eigenvalue weighted by Gasteiger charge is -2.18. The standard InChI is InChI=1S/C21H22N4O3S/c1-23(2)13-6-14-24(21-22-18-9-3-4-10-19(18)29-21)20(26)12-11-16-7-5-8-17(15-16)25(27)28/h3-5,7-12,15H,6,13-14H2,1-2H3/p+1/b12-11+. The zero-order valence-corrected chi connectivity index (χ0v) is 17.2. The van der Waals surface area contributed by atoms with Crippen molar-refractivity contribution >= 4 is 44.4 Å². The van der Waals surface area contributed by atoms with Gasteiger partial charge in [-0.15, -0.1) is 0 Å². The van der Waals surface area contributed by atoms with Gasteiger partial charge in [-0.1, -0.05) is 35.6 Å². The number of nitrogens with one attached hydrogen (secondary N) is 1. The highest BCUT2D eigenvalue weighted by Gasteiger charge is 2.18. The van der Waals surface area contributed by atoms with Gasteiger partial charge in [-0.2, -0.15) is 0 Å². The second-order valence-electron chi connectivity index (χ2n) is 6.95. The lowest BCUT2D eigenvalue weighted by atomic mass is 10.2. The number of nitro benzene ring substituents is 1. The number of amides is 1. The van der Waals surface area contributed by atoms with Crippen LogP contribution in [0.15, 0.2) is 54.6 Å². The Morgan fingerprint density at radius 1 is 1.24 bits per heavy atom. The molecule has 0 aliphatic rings. The first-order valence-electron chi connectivity index (χ1n) is 9.32. The van der Waals surface area contributed by atoms with Crippen LogP contribution in [-0.2, 0) is 4.79 Å². The number of anilines is 1. The van der Waals surface area contributed by atoms with E-state index in [0.29, 0.717) is 17.2 Å². The summed E-state index contributed by atoms with van der Waals surface area (Å²) in [6.07, 6.45) is 3.90. The Kier molecular flexibility index (Phi) is 6.69. The van der Waals surface area contributed by atoms with E-state index >= 15 is 0 Å². The Hall–Kier alpha value is -3.10. The van der Waals surface area contributed by atoms with E-state index in [1.807, 2.05) is 24.3 Å². The Balaban J connectivity index is 1.83. The Morgan fingerprint density at radius 3 is 2.76 bits per heavy atom. The molecule has 0 aliphatic carbocycles. The van der Waals surface area contributed by atoms with E-state index in [0.717, 1.165) is 23.2 Å². The van der Waals surface area contributed by atoms with E-state index in [2.05, 4.69) is 19.1 Å². The summed E-state index contributed by atoms with van der Waals surface area (Å²) in [4.78, 5) is 31.1. The van der Waals surface area contributed by atoms with Crippen LogP contribution in [0.3, 0.4) is 0 Å². The lowest BCUT2D eigenvalue weighted by Crippen LogP contribution is -3.05. The maximum Gasteiger partial charge on any atom is 0.270 e. The zero-order chi connectivity index (χ0) is 20.8. The van der Waals surface area contributed by atoms with Crippen LogP contribution < -0.4 is 9.80 Å². The highest BCUT2D eigenvalue weighted by Crippen LogP contribution is 2.29. The first kappa shape index (κ1) is 20.6. The fourth-order valence-electron chi connectivity index (χ4n) is 2.87. The smallest absolute Gasteiger partial charge is 0.270 e. The number of hydrogen-bond donors (Lipinski definition) is 1. The van der Waals surface area contributed by atoms with Crippen molar-refractivity contribution in [1.82, 2.24) is 4.98 Å². The fourth-order valence-corrected chi connectivity index (χ4v) is 3.86. The summed E-state index contributed by atoms with van der Waals surface area (Å²) in [6, 6.07) is 14.0. The van der Waals surface area contributed by atoms with Crippen molar-refractivity contribution in [2.45, 2.75) is 6.42 Å². The minimum atomic E-state index is -0.448. The summed E-state index contributed by atoms with van der Waals surface area (Å²) < 4.78 is 1.03. The molecule has 1 amide bonds. The average Bonchev–Trinajstić information content (AvgIpc) is 3.13. The maximum atomic E-state index is 13.0. The Morgan fingerprint density at radius 2 is 2.03 bits per heavy atom. The topological polar surface area (TPSA) is 80.8 Å². The largest absolute Gasteiger partial charge is 0.340 e. The van der Waals surface area contributed by atoms with Gasteiger partial charge in [0.25, 0.3) is 11.6 Å². The number of quaternary nitrogens is 1. The van der Waals surface area contributed by atoms with E-state index in [1.165, 1.54) is 34.4 Å². The minimum Gasteiger partial charge on any atom is -0.340 e. The molecule has 0 spiro atoms. The van der Waals surface area contributed by atoms with Crippen LogP contribution in [0.25, 0.3) is 16.3 Å². The second kappa shape index (κ2) is 9.40. The molecule has 150 valence electrons. The summed E-state index contributed by atoms with van der Waals surface area (Å²) in [5.41, 5.74) is 1.47. The molecule has 1 aromatic heterocycles. The van der Waals surface area contributed by atoms with Gasteiger partial charge in [-0.3, -0.25) is 19.8 Å². The molecule has 0 atom stereocenters. The van der Waals surface area contributed by atoms with Crippen LogP contribution in [0.5, 0.6) is 0 Å². The van der Waals surface area contributed by atoms with Gasteiger partial charge < -0.3 is 4.90 Å². The molecule has 3 aromatic rings. The summed E-state index contributed by atoms with van der Waals surface area (Å²) in [7, 11) is 4.15. The number of carbonyl (C=O) groups is 1. The summed E-state index contributed by atoms with van der Waals surface area (Å²) in [5.74, 6) is -0.190. The molecule has 3 rings (SSSR count). The molecule has 0 aliphatic heterocycles. The Labute approximate surface area is 173 Å². The van der Waals surface area contributed by atoms with Crippen molar-refractivity contribution in [3.8, 4) is 0 Å². The van der Waals surface area contributed by atoms with Crippen LogP contribution >= 0.6 is 11.3 Å². The fraction of sp³-hybridized carbons (Fsp3) is 0.238. The van der Waals surface area contributed by atoms with Crippen LogP contribution in [0.4, 0.5) is 10.8 Å². The quantitative estimate of drug-likeness (QED) is 0.351. The third kappa shape index (κ3) is 5.46. The van der Waals surface area contributed by atoms with Gasteiger partial charge in [0.15, 0.2) is 5.13 Å². The zero-order valence-electron chi connectivity index (χ0n) is 16.4. The number of thiazole rings is 1.